The Labute approximate surface area is 123 Å². The molecule has 112 valence electrons. The molecule has 7 heteroatoms. The van der Waals surface area contributed by atoms with Gasteiger partial charge in [0.2, 0.25) is 10.0 Å². The van der Waals surface area contributed by atoms with Gasteiger partial charge in [0.25, 0.3) is 5.91 Å². The highest BCUT2D eigenvalue weighted by molar-refractivity contribution is 7.92. The van der Waals surface area contributed by atoms with E-state index in [4.69, 9.17) is 5.73 Å². The molecule has 1 heterocycles. The summed E-state index contributed by atoms with van der Waals surface area (Å²) >= 11 is 1.36. The molecule has 0 radical (unpaired) electrons. The number of thiophene rings is 1. The smallest absolute Gasteiger partial charge is 0.252 e. The number of carbonyl (C=O) groups excluding carboxylic acids is 1. The maximum absolute atomic E-state index is 11.9. The van der Waals surface area contributed by atoms with Crippen LogP contribution in [-0.4, -0.2) is 20.1 Å². The molecule has 1 atom stereocenters. The van der Waals surface area contributed by atoms with Crippen molar-refractivity contribution in [3.63, 3.8) is 0 Å². The Kier molecular flexibility index (Phi) is 4.39. The molecule has 0 bridgehead atoms. The van der Waals surface area contributed by atoms with E-state index in [1.807, 2.05) is 0 Å². The highest BCUT2D eigenvalue weighted by Crippen LogP contribution is 2.39. The molecule has 20 heavy (non-hydrogen) atoms. The number of sulfonamides is 1. The van der Waals surface area contributed by atoms with E-state index in [2.05, 4.69) is 11.6 Å². The number of primary amides is 1. The standard InChI is InChI=1S/C13H20N2O3S2/c1-3-6-20(17,18)15-13-11(12(14)16)9-5-4-8(2)7-10(9)19-13/h8,15H,3-7H2,1-2H3,(H2,14,16). The van der Waals surface area contributed by atoms with E-state index >= 15 is 0 Å². The summed E-state index contributed by atoms with van der Waals surface area (Å²) in [5.41, 5.74) is 6.75. The minimum Gasteiger partial charge on any atom is -0.365 e. The van der Waals surface area contributed by atoms with Gasteiger partial charge in [-0.05, 0) is 37.2 Å². The minimum atomic E-state index is -3.40. The fourth-order valence-electron chi connectivity index (χ4n) is 2.54. The molecule has 0 saturated carbocycles. The second-order valence-corrected chi connectivity index (χ2v) is 8.29. The van der Waals surface area contributed by atoms with Crippen LogP contribution in [0.4, 0.5) is 5.00 Å². The second kappa shape index (κ2) is 5.73. The van der Waals surface area contributed by atoms with Crippen LogP contribution in [0, 0.1) is 5.92 Å². The first kappa shape index (κ1) is 15.3. The van der Waals surface area contributed by atoms with Crippen molar-refractivity contribution < 1.29 is 13.2 Å². The van der Waals surface area contributed by atoms with Crippen LogP contribution in [0.25, 0.3) is 0 Å². The fourth-order valence-corrected chi connectivity index (χ4v) is 5.38. The lowest BCUT2D eigenvalue weighted by Gasteiger charge is -2.18. The first-order chi connectivity index (χ1) is 9.34. The third-order valence-corrected chi connectivity index (χ3v) is 6.24. The zero-order chi connectivity index (χ0) is 14.9. The number of amides is 1. The zero-order valence-electron chi connectivity index (χ0n) is 11.7. The van der Waals surface area contributed by atoms with E-state index in [-0.39, 0.29) is 5.75 Å². The average Bonchev–Trinajstić information content (AvgIpc) is 2.64. The lowest BCUT2D eigenvalue weighted by Crippen LogP contribution is -2.20. The van der Waals surface area contributed by atoms with Gasteiger partial charge in [0, 0.05) is 4.88 Å². The van der Waals surface area contributed by atoms with Gasteiger partial charge in [0.15, 0.2) is 0 Å². The molecule has 1 aliphatic rings. The monoisotopic (exact) mass is 316 g/mol. The van der Waals surface area contributed by atoms with E-state index in [1.54, 1.807) is 6.92 Å². The first-order valence-electron chi connectivity index (χ1n) is 6.79. The molecule has 0 aliphatic heterocycles. The lowest BCUT2D eigenvalue weighted by atomic mass is 9.88. The first-order valence-corrected chi connectivity index (χ1v) is 9.25. The SMILES string of the molecule is CCCS(=O)(=O)Nc1sc2c(c1C(N)=O)CCC(C)C2. The number of hydrogen-bond acceptors (Lipinski definition) is 4. The van der Waals surface area contributed by atoms with Crippen molar-refractivity contribution in [3.05, 3.63) is 16.0 Å². The molecule has 1 aromatic heterocycles. The quantitative estimate of drug-likeness (QED) is 0.872. The van der Waals surface area contributed by atoms with Crippen LogP contribution in [0.5, 0.6) is 0 Å². The third-order valence-electron chi connectivity index (χ3n) is 3.48. The molecular formula is C13H20N2O3S2. The molecule has 0 saturated heterocycles. The van der Waals surface area contributed by atoms with Gasteiger partial charge in [-0.1, -0.05) is 13.8 Å². The summed E-state index contributed by atoms with van der Waals surface area (Å²) in [4.78, 5) is 12.8. The normalized spacial score (nSPS) is 18.6. The Balaban J connectivity index is 2.41. The van der Waals surface area contributed by atoms with Crippen molar-refractivity contribution in [1.82, 2.24) is 0 Å². The fraction of sp³-hybridized carbons (Fsp3) is 0.615. The summed E-state index contributed by atoms with van der Waals surface area (Å²) in [6.45, 7) is 3.96. The Hall–Kier alpha value is -1.08. The van der Waals surface area contributed by atoms with Crippen molar-refractivity contribution in [3.8, 4) is 0 Å². The van der Waals surface area contributed by atoms with Crippen LogP contribution in [-0.2, 0) is 22.9 Å². The Bertz CT molecular complexity index is 620. The van der Waals surface area contributed by atoms with Gasteiger partial charge in [-0.15, -0.1) is 11.3 Å². The van der Waals surface area contributed by atoms with Crippen LogP contribution in [0.2, 0.25) is 0 Å². The molecule has 1 aromatic rings. The minimum absolute atomic E-state index is 0.0458. The second-order valence-electron chi connectivity index (χ2n) is 5.34. The molecule has 3 N–H and O–H groups in total. The van der Waals surface area contributed by atoms with Crippen molar-refractivity contribution in [2.75, 3.05) is 10.5 Å². The predicted octanol–water partition coefficient (Wildman–Crippen LogP) is 2.12. The molecule has 1 aliphatic carbocycles. The number of nitrogens with one attached hydrogen (secondary N) is 1. The molecule has 0 aromatic carbocycles. The molecular weight excluding hydrogens is 296 g/mol. The summed E-state index contributed by atoms with van der Waals surface area (Å²) in [5.74, 6) is 0.0534. The van der Waals surface area contributed by atoms with Crippen LogP contribution in [0.15, 0.2) is 0 Å². The van der Waals surface area contributed by atoms with E-state index in [0.717, 1.165) is 29.7 Å². The van der Waals surface area contributed by atoms with Crippen molar-refractivity contribution in [2.24, 2.45) is 11.7 Å². The summed E-state index contributed by atoms with van der Waals surface area (Å²) in [6.07, 6.45) is 3.21. The van der Waals surface area contributed by atoms with Gasteiger partial charge in [-0.25, -0.2) is 8.42 Å². The van der Waals surface area contributed by atoms with Gasteiger partial charge < -0.3 is 5.73 Å². The highest BCUT2D eigenvalue weighted by Gasteiger charge is 2.28. The van der Waals surface area contributed by atoms with Crippen LogP contribution < -0.4 is 10.5 Å². The Morgan fingerprint density at radius 2 is 2.20 bits per heavy atom. The summed E-state index contributed by atoms with van der Waals surface area (Å²) in [6, 6.07) is 0. The molecule has 0 fully saturated rings. The Morgan fingerprint density at radius 3 is 2.80 bits per heavy atom. The molecule has 5 nitrogen and oxygen atoms in total. The topological polar surface area (TPSA) is 89.3 Å². The number of fused-ring (bicyclic) bond motifs is 1. The number of nitrogens with two attached hydrogens (primary N) is 1. The summed E-state index contributed by atoms with van der Waals surface area (Å²) in [7, 11) is -3.40. The largest absolute Gasteiger partial charge is 0.365 e. The molecule has 0 spiro atoms. The maximum Gasteiger partial charge on any atom is 0.252 e. The maximum atomic E-state index is 11.9. The number of rotatable bonds is 5. The van der Waals surface area contributed by atoms with Gasteiger partial charge in [-0.2, -0.15) is 0 Å². The average molecular weight is 316 g/mol. The van der Waals surface area contributed by atoms with E-state index in [0.29, 0.717) is 22.9 Å². The number of anilines is 1. The van der Waals surface area contributed by atoms with Gasteiger partial charge in [0.1, 0.15) is 5.00 Å². The number of carbonyl (C=O) groups is 1. The molecule has 1 unspecified atom stereocenters. The highest BCUT2D eigenvalue weighted by atomic mass is 32.2. The van der Waals surface area contributed by atoms with Crippen LogP contribution in [0.3, 0.4) is 0 Å². The van der Waals surface area contributed by atoms with E-state index in [1.165, 1.54) is 11.3 Å². The zero-order valence-corrected chi connectivity index (χ0v) is 13.4. The van der Waals surface area contributed by atoms with E-state index in [9.17, 15) is 13.2 Å². The van der Waals surface area contributed by atoms with Crippen LogP contribution in [0.1, 0.15) is 47.5 Å². The Morgan fingerprint density at radius 1 is 1.50 bits per heavy atom. The number of hydrogen-bond donors (Lipinski definition) is 2. The summed E-state index contributed by atoms with van der Waals surface area (Å²) in [5, 5.41) is 0.394. The van der Waals surface area contributed by atoms with Gasteiger partial charge >= 0.3 is 0 Å². The van der Waals surface area contributed by atoms with Crippen molar-refractivity contribution >= 4 is 32.3 Å². The van der Waals surface area contributed by atoms with Crippen LogP contribution >= 0.6 is 11.3 Å². The van der Waals surface area contributed by atoms with Crippen molar-refractivity contribution in [2.45, 2.75) is 39.5 Å². The van der Waals surface area contributed by atoms with Crippen molar-refractivity contribution in [1.29, 1.82) is 0 Å². The summed E-state index contributed by atoms with van der Waals surface area (Å²) < 4.78 is 26.3. The van der Waals surface area contributed by atoms with Gasteiger partial charge in [0.05, 0.1) is 11.3 Å². The predicted molar refractivity (Wildman–Crippen MR) is 81.7 cm³/mol. The molecule has 2 rings (SSSR count). The molecule has 1 amide bonds. The van der Waals surface area contributed by atoms with Gasteiger partial charge in [-0.3, -0.25) is 9.52 Å². The lowest BCUT2D eigenvalue weighted by molar-refractivity contribution is 0.100. The van der Waals surface area contributed by atoms with E-state index < -0.39 is 15.9 Å². The third kappa shape index (κ3) is 3.15.